The van der Waals surface area contributed by atoms with Gasteiger partial charge in [-0.1, -0.05) is 0 Å². The molecule has 1 aromatic carbocycles. The van der Waals surface area contributed by atoms with E-state index in [1.807, 2.05) is 0 Å². The van der Waals surface area contributed by atoms with Crippen LogP contribution >= 0.6 is 0 Å². The molecule has 0 unspecified atom stereocenters. The summed E-state index contributed by atoms with van der Waals surface area (Å²) in [6.45, 7) is 0.979. The van der Waals surface area contributed by atoms with Gasteiger partial charge in [0.25, 0.3) is 11.8 Å². The van der Waals surface area contributed by atoms with Crippen LogP contribution in [0.25, 0.3) is 0 Å². The van der Waals surface area contributed by atoms with E-state index in [0.717, 1.165) is 0 Å². The molecule has 130 valence electrons. The number of nitrogens with two attached hydrogens (primary N) is 1. The highest BCUT2D eigenvalue weighted by atomic mass is 19.1. The Bertz CT molecular complexity index is 773. The monoisotopic (exact) mass is 343 g/mol. The highest BCUT2D eigenvalue weighted by molar-refractivity contribution is 5.96. The molecule has 3 rings (SSSR count). The molecule has 0 saturated carbocycles. The number of likely N-dealkylation sites (tertiary alicyclic amines) is 1. The molecular formula is C17H18FN5O2. The molecule has 0 radical (unpaired) electrons. The number of piperidine rings is 1. The maximum atomic E-state index is 12.9. The molecule has 3 N–H and O–H groups in total. The van der Waals surface area contributed by atoms with E-state index in [2.05, 4.69) is 15.3 Å². The molecule has 1 fully saturated rings. The molecule has 0 aliphatic carbocycles. The number of anilines is 1. The fraction of sp³-hybridized carbons (Fsp3) is 0.294. The van der Waals surface area contributed by atoms with Crippen LogP contribution in [-0.4, -0.2) is 45.8 Å². The van der Waals surface area contributed by atoms with E-state index in [9.17, 15) is 14.0 Å². The van der Waals surface area contributed by atoms with E-state index in [-0.39, 0.29) is 35.2 Å². The summed E-state index contributed by atoms with van der Waals surface area (Å²) in [7, 11) is 0. The average Bonchev–Trinajstić information content (AvgIpc) is 2.63. The van der Waals surface area contributed by atoms with Crippen molar-refractivity contribution < 1.29 is 14.0 Å². The van der Waals surface area contributed by atoms with Crippen molar-refractivity contribution in [3.63, 3.8) is 0 Å². The third-order valence-electron chi connectivity index (χ3n) is 4.15. The van der Waals surface area contributed by atoms with Gasteiger partial charge in [-0.15, -0.1) is 0 Å². The molecule has 7 nitrogen and oxygen atoms in total. The summed E-state index contributed by atoms with van der Waals surface area (Å²) in [5.74, 6) is -0.775. The summed E-state index contributed by atoms with van der Waals surface area (Å²) in [6, 6.07) is 5.35. The largest absolute Gasteiger partial charge is 0.382 e. The first-order valence-corrected chi connectivity index (χ1v) is 7.97. The van der Waals surface area contributed by atoms with Gasteiger partial charge < -0.3 is 16.0 Å². The minimum Gasteiger partial charge on any atom is -0.382 e. The molecule has 25 heavy (non-hydrogen) atoms. The van der Waals surface area contributed by atoms with Crippen molar-refractivity contribution in [3.8, 4) is 0 Å². The zero-order valence-corrected chi connectivity index (χ0v) is 13.5. The smallest absolute Gasteiger partial charge is 0.276 e. The maximum Gasteiger partial charge on any atom is 0.276 e. The van der Waals surface area contributed by atoms with Crippen LogP contribution in [0.4, 0.5) is 10.2 Å². The van der Waals surface area contributed by atoms with Crippen molar-refractivity contribution in [2.24, 2.45) is 0 Å². The molecule has 2 aromatic rings. The number of hydrogen-bond acceptors (Lipinski definition) is 5. The number of nitrogen functional groups attached to an aromatic ring is 1. The Morgan fingerprint density at radius 3 is 2.40 bits per heavy atom. The second-order valence-corrected chi connectivity index (χ2v) is 5.84. The fourth-order valence-corrected chi connectivity index (χ4v) is 2.76. The Morgan fingerprint density at radius 1 is 1.12 bits per heavy atom. The molecule has 1 aromatic heterocycles. The zero-order chi connectivity index (χ0) is 17.8. The number of aromatic nitrogens is 2. The van der Waals surface area contributed by atoms with Gasteiger partial charge in [-0.3, -0.25) is 9.59 Å². The maximum absolute atomic E-state index is 12.9. The number of halogens is 1. The van der Waals surface area contributed by atoms with Crippen molar-refractivity contribution in [2.45, 2.75) is 18.9 Å². The third kappa shape index (κ3) is 3.90. The summed E-state index contributed by atoms with van der Waals surface area (Å²) in [4.78, 5) is 34.1. The molecule has 8 heteroatoms. The summed E-state index contributed by atoms with van der Waals surface area (Å²) in [5.41, 5.74) is 6.25. The van der Waals surface area contributed by atoms with Gasteiger partial charge in [0.1, 0.15) is 5.82 Å². The molecule has 2 heterocycles. The Morgan fingerprint density at radius 2 is 1.76 bits per heavy atom. The minimum atomic E-state index is -0.383. The Kier molecular flexibility index (Phi) is 4.87. The van der Waals surface area contributed by atoms with Crippen molar-refractivity contribution in [1.29, 1.82) is 0 Å². The van der Waals surface area contributed by atoms with Crippen LogP contribution in [0.2, 0.25) is 0 Å². The van der Waals surface area contributed by atoms with Crippen molar-refractivity contribution in [2.75, 3.05) is 18.8 Å². The van der Waals surface area contributed by atoms with Crippen LogP contribution in [0.3, 0.4) is 0 Å². The second-order valence-electron chi connectivity index (χ2n) is 5.84. The molecule has 0 bridgehead atoms. The van der Waals surface area contributed by atoms with E-state index >= 15 is 0 Å². The predicted molar refractivity (Wildman–Crippen MR) is 89.2 cm³/mol. The molecule has 1 saturated heterocycles. The molecule has 2 amide bonds. The second kappa shape index (κ2) is 7.25. The predicted octanol–water partition coefficient (Wildman–Crippen LogP) is 1.23. The number of benzene rings is 1. The van der Waals surface area contributed by atoms with E-state index in [1.165, 1.54) is 36.7 Å². The lowest BCUT2D eigenvalue weighted by atomic mass is 10.0. The van der Waals surface area contributed by atoms with E-state index < -0.39 is 0 Å². The number of nitrogens with one attached hydrogen (secondary N) is 1. The highest BCUT2D eigenvalue weighted by Gasteiger charge is 2.26. The fourth-order valence-electron chi connectivity index (χ4n) is 2.76. The lowest BCUT2D eigenvalue weighted by Crippen LogP contribution is -2.46. The standard InChI is InChI=1S/C17H18FN5O2/c18-12-3-1-11(2-4-12)16(24)22-13-5-9-23(10-6-13)17(25)14-15(19)21-8-7-20-14/h1-4,7-8,13H,5-6,9-10H2,(H2,19,21)(H,22,24). The average molecular weight is 343 g/mol. The van der Waals surface area contributed by atoms with Gasteiger partial charge in [0, 0.05) is 37.1 Å². The lowest BCUT2D eigenvalue weighted by Gasteiger charge is -2.32. The van der Waals surface area contributed by atoms with Crippen molar-refractivity contribution in [3.05, 3.63) is 53.7 Å². The highest BCUT2D eigenvalue weighted by Crippen LogP contribution is 2.15. The van der Waals surface area contributed by atoms with Gasteiger partial charge in [0.15, 0.2) is 11.5 Å². The number of hydrogen-bond donors (Lipinski definition) is 2. The van der Waals surface area contributed by atoms with Crippen LogP contribution < -0.4 is 11.1 Å². The van der Waals surface area contributed by atoms with Crippen molar-refractivity contribution >= 4 is 17.6 Å². The molecule has 0 spiro atoms. The number of carbonyl (C=O) groups excluding carboxylic acids is 2. The van der Waals surface area contributed by atoms with Crippen LogP contribution in [0.5, 0.6) is 0 Å². The van der Waals surface area contributed by atoms with Crippen LogP contribution in [0, 0.1) is 5.82 Å². The number of rotatable bonds is 3. The quantitative estimate of drug-likeness (QED) is 0.873. The van der Waals surface area contributed by atoms with Crippen molar-refractivity contribution in [1.82, 2.24) is 20.2 Å². The number of nitrogens with zero attached hydrogens (tertiary/aromatic N) is 3. The van der Waals surface area contributed by atoms with Gasteiger partial charge in [0.2, 0.25) is 0 Å². The zero-order valence-electron chi connectivity index (χ0n) is 13.5. The Labute approximate surface area is 144 Å². The molecule has 1 aliphatic heterocycles. The number of amides is 2. The molecule has 0 atom stereocenters. The van der Waals surface area contributed by atoms with Gasteiger partial charge in [-0.2, -0.15) is 0 Å². The van der Waals surface area contributed by atoms with Crippen LogP contribution in [0.1, 0.15) is 33.7 Å². The van der Waals surface area contributed by atoms with E-state index in [1.54, 1.807) is 4.90 Å². The lowest BCUT2D eigenvalue weighted by molar-refractivity contribution is 0.0693. The first kappa shape index (κ1) is 16.8. The summed E-state index contributed by atoms with van der Waals surface area (Å²) < 4.78 is 12.9. The van der Waals surface area contributed by atoms with Crippen LogP contribution in [-0.2, 0) is 0 Å². The normalized spacial score (nSPS) is 15.0. The number of carbonyl (C=O) groups is 2. The summed E-state index contributed by atoms with van der Waals surface area (Å²) >= 11 is 0. The molecule has 1 aliphatic rings. The topological polar surface area (TPSA) is 101 Å². The first-order chi connectivity index (χ1) is 12.0. The van der Waals surface area contributed by atoms with E-state index in [4.69, 9.17) is 5.73 Å². The third-order valence-corrected chi connectivity index (χ3v) is 4.15. The summed E-state index contributed by atoms with van der Waals surface area (Å²) in [5, 5.41) is 2.91. The molecular weight excluding hydrogens is 325 g/mol. The Hall–Kier alpha value is -3.03. The minimum absolute atomic E-state index is 0.0409. The van der Waals surface area contributed by atoms with Gasteiger partial charge in [-0.05, 0) is 37.1 Å². The Balaban J connectivity index is 1.55. The SMILES string of the molecule is Nc1nccnc1C(=O)N1CCC(NC(=O)c2ccc(F)cc2)CC1. The van der Waals surface area contributed by atoms with Gasteiger partial charge in [0.05, 0.1) is 0 Å². The first-order valence-electron chi connectivity index (χ1n) is 7.97. The van der Waals surface area contributed by atoms with E-state index in [0.29, 0.717) is 31.5 Å². The van der Waals surface area contributed by atoms with Gasteiger partial charge >= 0.3 is 0 Å². The van der Waals surface area contributed by atoms with Gasteiger partial charge in [-0.25, -0.2) is 14.4 Å². The van der Waals surface area contributed by atoms with Crippen LogP contribution in [0.15, 0.2) is 36.7 Å². The summed E-state index contributed by atoms with van der Waals surface area (Å²) in [6.07, 6.45) is 4.11.